The molecule has 6 heteroatoms. The predicted octanol–water partition coefficient (Wildman–Crippen LogP) is 3.12. The van der Waals surface area contributed by atoms with Crippen LogP contribution in [-0.2, 0) is 6.54 Å². The highest BCUT2D eigenvalue weighted by Crippen LogP contribution is 2.29. The number of benzene rings is 2. The number of nitrogens with two attached hydrogens (primary N) is 1. The lowest BCUT2D eigenvalue weighted by Crippen LogP contribution is -2.36. The summed E-state index contributed by atoms with van der Waals surface area (Å²) in [6, 6.07) is 12.5. The summed E-state index contributed by atoms with van der Waals surface area (Å²) in [7, 11) is 0. The summed E-state index contributed by atoms with van der Waals surface area (Å²) in [4.78, 5) is 25.4. The SMILES string of the molecule is NC(=O)c1ccc(CN(C(=O)Nc2ccc(F)cc2)C2CC2)cc1. The van der Waals surface area contributed by atoms with Crippen LogP contribution in [0, 0.1) is 5.82 Å². The van der Waals surface area contributed by atoms with Crippen LogP contribution in [0.2, 0.25) is 0 Å². The first-order valence-electron chi connectivity index (χ1n) is 7.75. The Hall–Kier alpha value is -2.89. The molecule has 3 rings (SSSR count). The highest BCUT2D eigenvalue weighted by atomic mass is 19.1. The lowest BCUT2D eigenvalue weighted by atomic mass is 10.1. The summed E-state index contributed by atoms with van der Waals surface area (Å²) in [6.45, 7) is 0.441. The quantitative estimate of drug-likeness (QED) is 0.885. The number of nitrogens with one attached hydrogen (secondary N) is 1. The molecule has 1 fully saturated rings. The molecule has 0 saturated heterocycles. The first-order valence-corrected chi connectivity index (χ1v) is 7.75. The Balaban J connectivity index is 1.69. The van der Waals surface area contributed by atoms with E-state index < -0.39 is 5.91 Å². The molecule has 0 unspecified atom stereocenters. The van der Waals surface area contributed by atoms with E-state index in [-0.39, 0.29) is 17.9 Å². The number of carbonyl (C=O) groups excluding carboxylic acids is 2. The van der Waals surface area contributed by atoms with Crippen LogP contribution in [0.25, 0.3) is 0 Å². The molecule has 0 heterocycles. The van der Waals surface area contributed by atoms with E-state index in [0.717, 1.165) is 18.4 Å². The fourth-order valence-corrected chi connectivity index (χ4v) is 2.45. The number of amides is 3. The van der Waals surface area contributed by atoms with E-state index in [2.05, 4.69) is 5.32 Å². The number of halogens is 1. The van der Waals surface area contributed by atoms with E-state index >= 15 is 0 Å². The van der Waals surface area contributed by atoms with Crippen LogP contribution in [-0.4, -0.2) is 22.9 Å². The second kappa shape index (κ2) is 6.70. The average Bonchev–Trinajstić information content (AvgIpc) is 3.40. The van der Waals surface area contributed by atoms with Gasteiger partial charge in [-0.3, -0.25) is 4.79 Å². The Kier molecular flexibility index (Phi) is 4.46. The molecular formula is C18H18FN3O2. The van der Waals surface area contributed by atoms with Gasteiger partial charge in [-0.1, -0.05) is 12.1 Å². The number of urea groups is 1. The first-order chi connectivity index (χ1) is 11.5. The van der Waals surface area contributed by atoms with Crippen molar-refractivity contribution in [2.75, 3.05) is 5.32 Å². The normalized spacial score (nSPS) is 13.4. The Labute approximate surface area is 139 Å². The second-order valence-corrected chi connectivity index (χ2v) is 5.86. The van der Waals surface area contributed by atoms with Crippen LogP contribution < -0.4 is 11.1 Å². The van der Waals surface area contributed by atoms with E-state index in [1.807, 2.05) is 0 Å². The third-order valence-electron chi connectivity index (χ3n) is 3.94. The van der Waals surface area contributed by atoms with E-state index in [1.54, 1.807) is 29.2 Å². The maximum absolute atomic E-state index is 12.9. The maximum Gasteiger partial charge on any atom is 0.322 e. The third kappa shape index (κ3) is 3.90. The standard InChI is InChI=1S/C18H18FN3O2/c19-14-5-7-15(8-6-14)21-18(24)22(16-9-10-16)11-12-1-3-13(4-2-12)17(20)23/h1-8,16H,9-11H2,(H2,20,23)(H,21,24). The average molecular weight is 327 g/mol. The minimum Gasteiger partial charge on any atom is -0.366 e. The molecule has 1 aliphatic rings. The lowest BCUT2D eigenvalue weighted by molar-refractivity contribution is 0.1000. The summed E-state index contributed by atoms with van der Waals surface area (Å²) in [5, 5.41) is 2.79. The second-order valence-electron chi connectivity index (χ2n) is 5.86. The Bertz CT molecular complexity index is 740. The van der Waals surface area contributed by atoms with Gasteiger partial charge in [0.05, 0.1) is 0 Å². The van der Waals surface area contributed by atoms with Gasteiger partial charge in [-0.25, -0.2) is 9.18 Å². The van der Waals surface area contributed by atoms with Crippen molar-refractivity contribution in [1.29, 1.82) is 0 Å². The number of anilines is 1. The van der Waals surface area contributed by atoms with E-state index in [0.29, 0.717) is 17.8 Å². The van der Waals surface area contributed by atoms with Crippen LogP contribution in [0.3, 0.4) is 0 Å². The lowest BCUT2D eigenvalue weighted by Gasteiger charge is -2.23. The monoisotopic (exact) mass is 327 g/mol. The van der Waals surface area contributed by atoms with Crippen molar-refractivity contribution < 1.29 is 14.0 Å². The minimum absolute atomic E-state index is 0.210. The number of primary amides is 1. The molecule has 2 aromatic carbocycles. The van der Waals surface area contributed by atoms with Gasteiger partial charge in [0.25, 0.3) is 0 Å². The number of carbonyl (C=O) groups is 2. The topological polar surface area (TPSA) is 75.4 Å². The molecule has 1 aliphatic carbocycles. The molecule has 0 spiro atoms. The third-order valence-corrected chi connectivity index (χ3v) is 3.94. The summed E-state index contributed by atoms with van der Waals surface area (Å²) in [5.74, 6) is -0.823. The van der Waals surface area contributed by atoms with Crippen LogP contribution >= 0.6 is 0 Å². The number of rotatable bonds is 5. The van der Waals surface area contributed by atoms with E-state index in [4.69, 9.17) is 5.73 Å². The summed E-state index contributed by atoms with van der Waals surface area (Å²) in [5.41, 5.74) is 7.14. The Morgan fingerprint density at radius 2 is 1.71 bits per heavy atom. The van der Waals surface area contributed by atoms with Crippen molar-refractivity contribution in [3.05, 3.63) is 65.5 Å². The van der Waals surface area contributed by atoms with Gasteiger partial charge in [0.1, 0.15) is 5.82 Å². The van der Waals surface area contributed by atoms with E-state index in [1.165, 1.54) is 24.3 Å². The molecular weight excluding hydrogens is 309 g/mol. The fourth-order valence-electron chi connectivity index (χ4n) is 2.45. The zero-order chi connectivity index (χ0) is 17.1. The molecule has 24 heavy (non-hydrogen) atoms. The molecule has 1 saturated carbocycles. The van der Waals surface area contributed by atoms with Crippen molar-refractivity contribution >= 4 is 17.6 Å². The molecule has 3 amide bonds. The van der Waals surface area contributed by atoms with Crippen molar-refractivity contribution in [1.82, 2.24) is 4.90 Å². The van der Waals surface area contributed by atoms with Crippen LogP contribution in [0.4, 0.5) is 14.9 Å². The highest BCUT2D eigenvalue weighted by molar-refractivity contribution is 5.92. The summed E-state index contributed by atoms with van der Waals surface area (Å²) in [6.07, 6.45) is 1.94. The Morgan fingerprint density at radius 1 is 1.08 bits per heavy atom. The van der Waals surface area contributed by atoms with Gasteiger partial charge in [-0.2, -0.15) is 0 Å². The first kappa shape index (κ1) is 16.0. The fraction of sp³-hybridized carbons (Fsp3) is 0.222. The van der Waals surface area contributed by atoms with E-state index in [9.17, 15) is 14.0 Å². The molecule has 0 radical (unpaired) electrons. The maximum atomic E-state index is 12.9. The molecule has 124 valence electrons. The molecule has 0 aliphatic heterocycles. The minimum atomic E-state index is -0.477. The molecule has 0 aromatic heterocycles. The van der Waals surface area contributed by atoms with Gasteiger partial charge < -0.3 is 16.0 Å². The molecule has 5 nitrogen and oxygen atoms in total. The van der Waals surface area contributed by atoms with Crippen LogP contribution in [0.5, 0.6) is 0 Å². The van der Waals surface area contributed by atoms with Gasteiger partial charge in [-0.05, 0) is 54.8 Å². The van der Waals surface area contributed by atoms with Crippen molar-refractivity contribution in [2.24, 2.45) is 5.73 Å². The van der Waals surface area contributed by atoms with Crippen LogP contribution in [0.1, 0.15) is 28.8 Å². The van der Waals surface area contributed by atoms with Gasteiger partial charge in [0.15, 0.2) is 0 Å². The molecule has 0 bridgehead atoms. The van der Waals surface area contributed by atoms with Crippen LogP contribution in [0.15, 0.2) is 48.5 Å². The molecule has 3 N–H and O–H groups in total. The summed E-state index contributed by atoms with van der Waals surface area (Å²) >= 11 is 0. The summed E-state index contributed by atoms with van der Waals surface area (Å²) < 4.78 is 12.9. The van der Waals surface area contributed by atoms with Gasteiger partial charge in [0.2, 0.25) is 5.91 Å². The Morgan fingerprint density at radius 3 is 2.25 bits per heavy atom. The highest BCUT2D eigenvalue weighted by Gasteiger charge is 2.32. The largest absolute Gasteiger partial charge is 0.366 e. The number of nitrogens with zero attached hydrogens (tertiary/aromatic N) is 1. The van der Waals surface area contributed by atoms with Gasteiger partial charge in [-0.15, -0.1) is 0 Å². The zero-order valence-corrected chi connectivity index (χ0v) is 13.0. The molecule has 0 atom stereocenters. The van der Waals surface area contributed by atoms with Gasteiger partial charge >= 0.3 is 6.03 Å². The smallest absolute Gasteiger partial charge is 0.322 e. The van der Waals surface area contributed by atoms with Crippen molar-refractivity contribution in [2.45, 2.75) is 25.4 Å². The van der Waals surface area contributed by atoms with Gasteiger partial charge in [0, 0.05) is 23.8 Å². The predicted molar refractivity (Wildman–Crippen MR) is 88.9 cm³/mol. The van der Waals surface area contributed by atoms with Crippen molar-refractivity contribution in [3.8, 4) is 0 Å². The number of hydrogen-bond donors (Lipinski definition) is 2. The van der Waals surface area contributed by atoms with Crippen molar-refractivity contribution in [3.63, 3.8) is 0 Å². The number of hydrogen-bond acceptors (Lipinski definition) is 2. The zero-order valence-electron chi connectivity index (χ0n) is 13.0. The molecule has 2 aromatic rings.